The summed E-state index contributed by atoms with van der Waals surface area (Å²) in [4.78, 5) is 8.31. The first-order valence-corrected chi connectivity index (χ1v) is 7.56. The van der Waals surface area contributed by atoms with Gasteiger partial charge in [-0.25, -0.2) is 4.98 Å². The van der Waals surface area contributed by atoms with Crippen LogP contribution in [0.15, 0.2) is 28.7 Å². The molecule has 0 unspecified atom stereocenters. The van der Waals surface area contributed by atoms with Crippen LogP contribution < -0.4 is 5.32 Å². The quantitative estimate of drug-likeness (QED) is 0.887. The highest BCUT2D eigenvalue weighted by Crippen LogP contribution is 2.28. The maximum Gasteiger partial charge on any atom is 0.110 e. The number of rotatable bonds is 2. The van der Waals surface area contributed by atoms with Crippen molar-refractivity contribution in [3.63, 3.8) is 0 Å². The van der Waals surface area contributed by atoms with E-state index in [2.05, 4.69) is 57.4 Å². The van der Waals surface area contributed by atoms with Gasteiger partial charge in [-0.05, 0) is 45.0 Å². The molecule has 4 heteroatoms. The van der Waals surface area contributed by atoms with Crippen molar-refractivity contribution < 1.29 is 0 Å². The first-order valence-electron chi connectivity index (χ1n) is 6.77. The van der Waals surface area contributed by atoms with Crippen LogP contribution in [-0.4, -0.2) is 23.1 Å². The summed E-state index contributed by atoms with van der Waals surface area (Å²) in [5, 5.41) is 3.40. The van der Waals surface area contributed by atoms with Gasteiger partial charge in [0.1, 0.15) is 5.82 Å². The number of hydrogen-bond donors (Lipinski definition) is 2. The van der Waals surface area contributed by atoms with E-state index < -0.39 is 0 Å². The molecule has 100 valence electrons. The topological polar surface area (TPSA) is 40.7 Å². The standard InChI is InChI=1S/C15H18BrN3/c1-10-14(11-2-4-13(16)5-3-11)19-15(18-10)12-6-8-17-9-7-12/h2-5,12,17H,6-9H2,1H3,(H,18,19). The molecule has 0 amide bonds. The van der Waals surface area contributed by atoms with E-state index >= 15 is 0 Å². The van der Waals surface area contributed by atoms with Crippen molar-refractivity contribution in [1.29, 1.82) is 0 Å². The maximum absolute atomic E-state index is 4.83. The molecule has 0 radical (unpaired) electrons. The molecule has 1 aromatic carbocycles. The van der Waals surface area contributed by atoms with Crippen molar-refractivity contribution in [2.75, 3.05) is 13.1 Å². The van der Waals surface area contributed by atoms with E-state index in [0.29, 0.717) is 5.92 Å². The number of aromatic nitrogens is 2. The number of hydrogen-bond acceptors (Lipinski definition) is 2. The van der Waals surface area contributed by atoms with Gasteiger partial charge < -0.3 is 10.3 Å². The van der Waals surface area contributed by atoms with E-state index in [9.17, 15) is 0 Å². The zero-order chi connectivity index (χ0) is 13.2. The van der Waals surface area contributed by atoms with Crippen molar-refractivity contribution >= 4 is 15.9 Å². The van der Waals surface area contributed by atoms with E-state index in [0.717, 1.165) is 34.8 Å². The first-order chi connectivity index (χ1) is 9.24. The molecule has 0 spiro atoms. The van der Waals surface area contributed by atoms with Crippen molar-refractivity contribution in [3.05, 3.63) is 40.3 Å². The molecule has 1 saturated heterocycles. The second-order valence-electron chi connectivity index (χ2n) is 5.13. The van der Waals surface area contributed by atoms with Gasteiger partial charge >= 0.3 is 0 Å². The van der Waals surface area contributed by atoms with E-state index in [-0.39, 0.29) is 0 Å². The van der Waals surface area contributed by atoms with Crippen LogP contribution in [0.5, 0.6) is 0 Å². The Morgan fingerprint density at radius 2 is 1.84 bits per heavy atom. The summed E-state index contributed by atoms with van der Waals surface area (Å²) < 4.78 is 1.10. The predicted molar refractivity (Wildman–Crippen MR) is 81.3 cm³/mol. The van der Waals surface area contributed by atoms with E-state index in [1.165, 1.54) is 18.4 Å². The number of benzene rings is 1. The molecule has 1 aromatic heterocycles. The Morgan fingerprint density at radius 1 is 1.16 bits per heavy atom. The minimum atomic E-state index is 0.573. The Balaban J connectivity index is 1.90. The maximum atomic E-state index is 4.83. The third kappa shape index (κ3) is 2.74. The summed E-state index contributed by atoms with van der Waals surface area (Å²) in [7, 11) is 0. The van der Waals surface area contributed by atoms with Crippen molar-refractivity contribution in [2.24, 2.45) is 0 Å². The molecule has 2 aromatic rings. The summed E-state index contributed by atoms with van der Waals surface area (Å²) in [5.41, 5.74) is 3.43. The van der Waals surface area contributed by atoms with Crippen LogP contribution in [-0.2, 0) is 0 Å². The smallest absolute Gasteiger partial charge is 0.110 e. The number of nitrogens with zero attached hydrogens (tertiary/aromatic N) is 1. The molecule has 0 atom stereocenters. The van der Waals surface area contributed by atoms with Crippen molar-refractivity contribution in [2.45, 2.75) is 25.7 Å². The van der Waals surface area contributed by atoms with Crippen LogP contribution in [0.1, 0.15) is 30.3 Å². The lowest BCUT2D eigenvalue weighted by atomic mass is 9.98. The number of piperidine rings is 1. The average Bonchev–Trinajstić information content (AvgIpc) is 2.83. The second-order valence-corrected chi connectivity index (χ2v) is 6.04. The number of nitrogens with one attached hydrogen (secondary N) is 2. The van der Waals surface area contributed by atoms with Gasteiger partial charge in [0, 0.05) is 21.6 Å². The molecule has 0 aliphatic carbocycles. The lowest BCUT2D eigenvalue weighted by molar-refractivity contribution is 0.447. The third-order valence-corrected chi connectivity index (χ3v) is 4.28. The molecular weight excluding hydrogens is 302 g/mol. The van der Waals surface area contributed by atoms with Gasteiger partial charge in [0.15, 0.2) is 0 Å². The molecular formula is C15H18BrN3. The van der Waals surface area contributed by atoms with Crippen LogP contribution in [0.4, 0.5) is 0 Å². The fourth-order valence-corrected chi connectivity index (χ4v) is 2.93. The highest BCUT2D eigenvalue weighted by Gasteiger charge is 2.19. The number of aryl methyl sites for hydroxylation is 1. The third-order valence-electron chi connectivity index (χ3n) is 3.75. The first kappa shape index (κ1) is 12.9. The van der Waals surface area contributed by atoms with Crippen LogP contribution >= 0.6 is 15.9 Å². The Kier molecular flexibility index (Phi) is 3.71. The molecule has 2 heterocycles. The average molecular weight is 320 g/mol. The van der Waals surface area contributed by atoms with Gasteiger partial charge in [0.2, 0.25) is 0 Å². The zero-order valence-corrected chi connectivity index (χ0v) is 12.6. The van der Waals surface area contributed by atoms with Crippen molar-refractivity contribution in [3.8, 4) is 11.3 Å². The number of halogens is 1. The fourth-order valence-electron chi connectivity index (χ4n) is 2.66. The Hall–Kier alpha value is -1.13. The Labute approximate surface area is 122 Å². The minimum absolute atomic E-state index is 0.573. The van der Waals surface area contributed by atoms with Crippen LogP contribution in [0.25, 0.3) is 11.3 Å². The van der Waals surface area contributed by atoms with Gasteiger partial charge in [-0.2, -0.15) is 0 Å². The summed E-state index contributed by atoms with van der Waals surface area (Å²) in [6.45, 7) is 4.30. The molecule has 2 N–H and O–H groups in total. The normalized spacial score (nSPS) is 16.7. The van der Waals surface area contributed by atoms with Gasteiger partial charge in [0.05, 0.1) is 5.69 Å². The van der Waals surface area contributed by atoms with Gasteiger partial charge in [-0.3, -0.25) is 0 Å². The minimum Gasteiger partial charge on any atom is -0.345 e. The summed E-state index contributed by atoms with van der Waals surface area (Å²) in [6.07, 6.45) is 2.35. The highest BCUT2D eigenvalue weighted by atomic mass is 79.9. The molecule has 19 heavy (non-hydrogen) atoms. The van der Waals surface area contributed by atoms with Gasteiger partial charge in [0.25, 0.3) is 0 Å². The van der Waals surface area contributed by atoms with Crippen LogP contribution in [0.3, 0.4) is 0 Å². The van der Waals surface area contributed by atoms with Gasteiger partial charge in [-0.15, -0.1) is 0 Å². The molecule has 1 aliphatic heterocycles. The van der Waals surface area contributed by atoms with E-state index in [1.807, 2.05) is 0 Å². The van der Waals surface area contributed by atoms with Crippen LogP contribution in [0, 0.1) is 6.92 Å². The molecule has 1 aliphatic rings. The molecule has 0 saturated carbocycles. The summed E-state index contributed by atoms with van der Waals surface area (Å²) in [5.74, 6) is 1.72. The molecule has 1 fully saturated rings. The zero-order valence-electron chi connectivity index (χ0n) is 11.0. The monoisotopic (exact) mass is 319 g/mol. The number of H-pyrrole nitrogens is 1. The van der Waals surface area contributed by atoms with E-state index in [1.54, 1.807) is 0 Å². The Morgan fingerprint density at radius 3 is 2.53 bits per heavy atom. The largest absolute Gasteiger partial charge is 0.345 e. The molecule has 3 nitrogen and oxygen atoms in total. The van der Waals surface area contributed by atoms with Gasteiger partial charge in [-0.1, -0.05) is 28.1 Å². The summed E-state index contributed by atoms with van der Waals surface area (Å²) in [6, 6.07) is 8.35. The second kappa shape index (κ2) is 5.47. The molecule has 0 bridgehead atoms. The highest BCUT2D eigenvalue weighted by molar-refractivity contribution is 9.10. The van der Waals surface area contributed by atoms with Crippen molar-refractivity contribution in [1.82, 2.24) is 15.3 Å². The lowest BCUT2D eigenvalue weighted by Crippen LogP contribution is -2.27. The number of imidazole rings is 1. The lowest BCUT2D eigenvalue weighted by Gasteiger charge is -2.20. The van der Waals surface area contributed by atoms with Crippen LogP contribution in [0.2, 0.25) is 0 Å². The fraction of sp³-hybridized carbons (Fsp3) is 0.400. The SMILES string of the molecule is Cc1[nH]c(C2CCNCC2)nc1-c1ccc(Br)cc1. The Bertz CT molecular complexity index is 553. The predicted octanol–water partition coefficient (Wildman–Crippen LogP) is 3.61. The molecule has 3 rings (SSSR count). The number of aromatic amines is 1. The summed E-state index contributed by atoms with van der Waals surface area (Å²) >= 11 is 3.47. The van der Waals surface area contributed by atoms with E-state index in [4.69, 9.17) is 4.98 Å².